The highest BCUT2D eigenvalue weighted by molar-refractivity contribution is 6.12. The fourth-order valence-corrected chi connectivity index (χ4v) is 8.52. The number of hydrogen-bond acceptors (Lipinski definition) is 3. The Hall–Kier alpha value is -8.38. The van der Waals surface area contributed by atoms with Crippen LogP contribution in [0.1, 0.15) is 22.3 Å². The molecule has 8 aromatic carbocycles. The van der Waals surface area contributed by atoms with Gasteiger partial charge in [-0.2, -0.15) is 29.0 Å². The molecule has 2 heterocycles. The Balaban J connectivity index is 1.33. The monoisotopic (exact) mass is 779 g/mol. The molecule has 10 aromatic rings. The van der Waals surface area contributed by atoms with Crippen LogP contribution in [0.15, 0.2) is 170 Å². The number of benzene rings is 8. The Morgan fingerprint density at radius 2 is 0.783 bits per heavy atom. The van der Waals surface area contributed by atoms with Crippen molar-refractivity contribution in [3.63, 3.8) is 0 Å². The number of halogens is 3. The summed E-state index contributed by atoms with van der Waals surface area (Å²) in [5, 5.41) is 32.6. The van der Waals surface area contributed by atoms with Gasteiger partial charge in [0.05, 0.1) is 73.9 Å². The molecule has 0 amide bonds. The van der Waals surface area contributed by atoms with E-state index in [1.54, 1.807) is 59.2 Å². The summed E-state index contributed by atoms with van der Waals surface area (Å²) in [4.78, 5) is 0. The predicted molar refractivity (Wildman–Crippen MR) is 231 cm³/mol. The van der Waals surface area contributed by atoms with E-state index in [-0.39, 0.29) is 11.4 Å². The van der Waals surface area contributed by atoms with Crippen LogP contribution in [0.3, 0.4) is 0 Å². The van der Waals surface area contributed by atoms with Gasteiger partial charge in [-0.3, -0.25) is 0 Å². The summed E-state index contributed by atoms with van der Waals surface area (Å²) < 4.78 is 51.6. The van der Waals surface area contributed by atoms with E-state index in [0.717, 1.165) is 43.8 Å². The van der Waals surface area contributed by atoms with Crippen molar-refractivity contribution in [2.24, 2.45) is 0 Å². The molecule has 0 unspecified atom stereocenters. The average molecular weight is 780 g/mol. The highest BCUT2D eigenvalue weighted by Crippen LogP contribution is 2.46. The lowest BCUT2D eigenvalue weighted by Crippen LogP contribution is -2.13. The molecule has 0 aliphatic rings. The number of fused-ring (bicyclic) bond motifs is 6. The predicted octanol–water partition coefficient (Wildman–Crippen LogP) is 13.5. The number of hydrogen-bond donors (Lipinski definition) is 0. The number of aromatic nitrogens is 2. The number of nitriles is 3. The first-order valence-corrected chi connectivity index (χ1v) is 19.1. The second kappa shape index (κ2) is 13.9. The summed E-state index contributed by atoms with van der Waals surface area (Å²) in [6.45, 7) is 0. The molecule has 0 bridgehead atoms. The average Bonchev–Trinajstić information content (AvgIpc) is 3.80. The topological polar surface area (TPSA) is 81.2 Å². The van der Waals surface area contributed by atoms with Crippen molar-refractivity contribution < 1.29 is 13.2 Å². The molecule has 0 spiro atoms. The van der Waals surface area contributed by atoms with Gasteiger partial charge >= 0.3 is 6.18 Å². The highest BCUT2D eigenvalue weighted by atomic mass is 19.4. The maximum absolute atomic E-state index is 16.0. The van der Waals surface area contributed by atoms with Gasteiger partial charge in [-0.25, -0.2) is 0 Å². The summed E-state index contributed by atoms with van der Waals surface area (Å²) in [6.07, 6.45) is -4.81. The van der Waals surface area contributed by atoms with Crippen LogP contribution in [0.25, 0.3) is 88.4 Å². The van der Waals surface area contributed by atoms with E-state index < -0.39 is 11.7 Å². The summed E-state index contributed by atoms with van der Waals surface area (Å²) in [6, 6.07) is 57.4. The zero-order valence-electron chi connectivity index (χ0n) is 31.5. The number of rotatable bonds is 5. The molecule has 10 rings (SSSR count). The van der Waals surface area contributed by atoms with E-state index in [1.807, 2.05) is 114 Å². The van der Waals surface area contributed by atoms with Gasteiger partial charge in [0.1, 0.15) is 0 Å². The number of alkyl halides is 3. The Morgan fingerprint density at radius 3 is 1.27 bits per heavy atom. The lowest BCUT2D eigenvalue weighted by atomic mass is 9.97. The molecule has 2 aromatic heterocycles. The molecule has 0 N–H and O–H groups in total. The van der Waals surface area contributed by atoms with Crippen LogP contribution in [0.5, 0.6) is 0 Å². The summed E-state index contributed by atoms with van der Waals surface area (Å²) >= 11 is 0. The minimum Gasteiger partial charge on any atom is -0.309 e. The van der Waals surface area contributed by atoms with Gasteiger partial charge in [0.2, 0.25) is 0 Å². The maximum Gasteiger partial charge on any atom is 0.418 e. The molecule has 5 nitrogen and oxygen atoms in total. The second-order valence-electron chi connectivity index (χ2n) is 14.6. The van der Waals surface area contributed by atoms with E-state index >= 15 is 13.2 Å². The number of para-hydroxylation sites is 2. The van der Waals surface area contributed by atoms with Crippen LogP contribution in [-0.2, 0) is 6.18 Å². The minimum absolute atomic E-state index is 0.0764. The minimum atomic E-state index is -4.81. The van der Waals surface area contributed by atoms with Crippen molar-refractivity contribution in [3.8, 4) is 63.0 Å². The van der Waals surface area contributed by atoms with E-state index in [9.17, 15) is 15.8 Å². The Labute approximate surface area is 341 Å². The summed E-state index contributed by atoms with van der Waals surface area (Å²) in [7, 11) is 0. The van der Waals surface area contributed by atoms with E-state index in [2.05, 4.69) is 18.2 Å². The normalized spacial score (nSPS) is 11.5. The maximum atomic E-state index is 16.0. The van der Waals surface area contributed by atoms with Gasteiger partial charge in [0, 0.05) is 27.1 Å². The third-order valence-corrected chi connectivity index (χ3v) is 11.2. The molecule has 0 saturated carbocycles. The fraction of sp³-hybridized carbons (Fsp3) is 0.0192. The third kappa shape index (κ3) is 5.85. The van der Waals surface area contributed by atoms with Crippen molar-refractivity contribution in [1.29, 1.82) is 15.8 Å². The lowest BCUT2D eigenvalue weighted by Gasteiger charge is -2.22. The van der Waals surface area contributed by atoms with Crippen LogP contribution >= 0.6 is 0 Å². The second-order valence-corrected chi connectivity index (χ2v) is 14.6. The first-order valence-electron chi connectivity index (χ1n) is 19.1. The van der Waals surface area contributed by atoms with Crippen molar-refractivity contribution in [3.05, 3.63) is 192 Å². The van der Waals surface area contributed by atoms with E-state index in [1.165, 1.54) is 6.07 Å². The molecule has 0 aliphatic heterocycles. The van der Waals surface area contributed by atoms with E-state index in [4.69, 9.17) is 0 Å². The van der Waals surface area contributed by atoms with Crippen LogP contribution in [-0.4, -0.2) is 9.13 Å². The largest absolute Gasteiger partial charge is 0.418 e. The Bertz CT molecular complexity index is 3530. The lowest BCUT2D eigenvalue weighted by molar-refractivity contribution is -0.137. The molecule has 282 valence electrons. The van der Waals surface area contributed by atoms with Gasteiger partial charge in [0.25, 0.3) is 0 Å². The molecule has 0 radical (unpaired) electrons. The molecule has 0 aliphatic carbocycles. The van der Waals surface area contributed by atoms with Gasteiger partial charge in [-0.05, 0) is 101 Å². The molecule has 8 heteroatoms. The zero-order chi connectivity index (χ0) is 41.1. The van der Waals surface area contributed by atoms with Crippen molar-refractivity contribution in [1.82, 2.24) is 9.13 Å². The molecule has 0 fully saturated rings. The molecule has 60 heavy (non-hydrogen) atoms. The number of nitrogens with zero attached hydrogens (tertiary/aromatic N) is 5. The molecule has 0 atom stereocenters. The van der Waals surface area contributed by atoms with Crippen molar-refractivity contribution >= 4 is 43.6 Å². The zero-order valence-corrected chi connectivity index (χ0v) is 31.5. The van der Waals surface area contributed by atoms with Crippen LogP contribution in [0, 0.1) is 34.0 Å². The molecule has 0 saturated heterocycles. The van der Waals surface area contributed by atoms with Gasteiger partial charge in [0.15, 0.2) is 0 Å². The van der Waals surface area contributed by atoms with Crippen LogP contribution in [0.4, 0.5) is 13.2 Å². The Morgan fingerprint density at radius 1 is 0.367 bits per heavy atom. The Kier molecular flexibility index (Phi) is 8.35. The van der Waals surface area contributed by atoms with Gasteiger partial charge < -0.3 is 9.13 Å². The molecular formula is C52H28F3N5. The fourth-order valence-electron chi connectivity index (χ4n) is 8.52. The smallest absolute Gasteiger partial charge is 0.309 e. The van der Waals surface area contributed by atoms with Gasteiger partial charge in [-0.1, -0.05) is 97.1 Å². The van der Waals surface area contributed by atoms with Crippen LogP contribution in [0.2, 0.25) is 0 Å². The first kappa shape index (κ1) is 36.0. The standard InChI is InChI=1S/C52H28F3N5/c53-52(54,55)45-28-50(59-46-16-3-1-14-40(46)42-20-18-37(25-48(42)59)35-11-5-8-32(22-35)29-56)44(39-13-7-10-34(24-39)31-58)27-51(45)60-47-17-4-2-15-41(47)43-21-19-38(26-49(43)60)36-12-6-9-33(23-36)30-57/h1-28H. The van der Waals surface area contributed by atoms with Crippen molar-refractivity contribution in [2.45, 2.75) is 6.18 Å². The first-order chi connectivity index (χ1) is 29.2. The summed E-state index contributed by atoms with van der Waals surface area (Å²) in [5.74, 6) is 0. The van der Waals surface area contributed by atoms with E-state index in [0.29, 0.717) is 49.9 Å². The highest BCUT2D eigenvalue weighted by Gasteiger charge is 2.37. The third-order valence-electron chi connectivity index (χ3n) is 11.2. The quantitative estimate of drug-likeness (QED) is 0.174. The molecular weight excluding hydrogens is 752 g/mol. The summed E-state index contributed by atoms with van der Waals surface area (Å²) in [5.41, 5.74) is 7.38. The SMILES string of the molecule is N#Cc1cccc(-c2ccc3c4ccccc4n(-c4cc(C(F)(F)F)c(-n5c6ccccc6c6ccc(-c7cccc(C#N)c7)cc65)cc4-c4cccc(C#N)c4)c3c2)c1. The van der Waals surface area contributed by atoms with Gasteiger partial charge in [-0.15, -0.1) is 0 Å². The van der Waals surface area contributed by atoms with Crippen molar-refractivity contribution in [2.75, 3.05) is 0 Å². The van der Waals surface area contributed by atoms with Crippen LogP contribution < -0.4 is 0 Å².